The molecule has 0 aliphatic heterocycles. The van der Waals surface area contributed by atoms with Gasteiger partial charge in [-0.25, -0.2) is 9.98 Å². The fraction of sp³-hybridized carbons (Fsp3) is 0.611. The maximum absolute atomic E-state index is 5.78. The Morgan fingerprint density at radius 3 is 2.54 bits per heavy atom. The number of hydrogen-bond donors (Lipinski definition) is 2. The molecule has 0 bridgehead atoms. The zero-order chi connectivity index (χ0) is 18.4. The fourth-order valence-corrected chi connectivity index (χ4v) is 2.07. The highest BCUT2D eigenvalue weighted by Crippen LogP contribution is 2.22. The molecular formula is C18H30IN5O2. The summed E-state index contributed by atoms with van der Waals surface area (Å²) in [5.74, 6) is 3.27. The van der Waals surface area contributed by atoms with Gasteiger partial charge in [-0.3, -0.25) is 0 Å². The molecule has 26 heavy (non-hydrogen) atoms. The Kier molecular flexibility index (Phi) is 8.58. The quantitative estimate of drug-likeness (QED) is 0.374. The summed E-state index contributed by atoms with van der Waals surface area (Å²) < 4.78 is 11.1. The Hall–Kier alpha value is -1.58. The Morgan fingerprint density at radius 1 is 1.27 bits per heavy atom. The topological polar surface area (TPSA) is 88.5 Å². The first-order chi connectivity index (χ1) is 11.8. The second kappa shape index (κ2) is 9.94. The number of nitrogens with one attached hydrogen (secondary N) is 2. The van der Waals surface area contributed by atoms with Crippen LogP contribution in [0, 0.1) is 0 Å². The van der Waals surface area contributed by atoms with Gasteiger partial charge < -0.3 is 19.6 Å². The minimum atomic E-state index is -0.0513. The van der Waals surface area contributed by atoms with E-state index in [9.17, 15) is 0 Å². The monoisotopic (exact) mass is 475 g/mol. The van der Waals surface area contributed by atoms with Crippen LogP contribution in [-0.2, 0) is 18.5 Å². The van der Waals surface area contributed by atoms with E-state index in [4.69, 9.17) is 8.94 Å². The van der Waals surface area contributed by atoms with Crippen molar-refractivity contribution in [1.29, 1.82) is 0 Å². The van der Waals surface area contributed by atoms with Crippen molar-refractivity contribution in [2.45, 2.75) is 66.0 Å². The second-order valence-electron chi connectivity index (χ2n) is 7.29. The smallest absolute Gasteiger partial charge is 0.213 e. The molecule has 146 valence electrons. The molecule has 8 heteroatoms. The minimum absolute atomic E-state index is 0. The maximum Gasteiger partial charge on any atom is 0.213 e. The number of aliphatic imine (C=N–C) groups is 1. The van der Waals surface area contributed by atoms with E-state index < -0.39 is 0 Å². The number of hydrogen-bond acceptors (Lipinski definition) is 5. The molecule has 0 aliphatic carbocycles. The van der Waals surface area contributed by atoms with Gasteiger partial charge in [-0.05, 0) is 12.8 Å². The lowest BCUT2D eigenvalue weighted by molar-refractivity contribution is 0.375. The summed E-state index contributed by atoms with van der Waals surface area (Å²) in [7, 11) is 0. The normalized spacial score (nSPS) is 12.2. The van der Waals surface area contributed by atoms with Crippen molar-refractivity contribution in [2.75, 3.05) is 6.54 Å². The number of nitrogens with zero attached hydrogens (tertiary/aromatic N) is 3. The average molecular weight is 475 g/mol. The van der Waals surface area contributed by atoms with Gasteiger partial charge in [0.25, 0.3) is 0 Å². The minimum Gasteiger partial charge on any atom is -0.443 e. The predicted molar refractivity (Wildman–Crippen MR) is 113 cm³/mol. The van der Waals surface area contributed by atoms with E-state index in [1.165, 1.54) is 0 Å². The third-order valence-electron chi connectivity index (χ3n) is 3.61. The number of aromatic nitrogens is 2. The molecule has 0 aliphatic rings. The molecule has 7 nitrogen and oxygen atoms in total. The largest absolute Gasteiger partial charge is 0.443 e. The van der Waals surface area contributed by atoms with E-state index >= 15 is 0 Å². The summed E-state index contributed by atoms with van der Waals surface area (Å²) in [6.07, 6.45) is 1.78. The molecule has 0 atom stereocenters. The van der Waals surface area contributed by atoms with Crippen molar-refractivity contribution < 1.29 is 8.94 Å². The molecule has 0 fully saturated rings. The zero-order valence-electron chi connectivity index (χ0n) is 16.4. The van der Waals surface area contributed by atoms with Crippen LogP contribution in [0.1, 0.15) is 70.6 Å². The molecule has 0 amide bonds. The average Bonchev–Trinajstić information content (AvgIpc) is 3.18. The van der Waals surface area contributed by atoms with E-state index in [0.717, 1.165) is 23.8 Å². The van der Waals surface area contributed by atoms with Gasteiger partial charge in [0.1, 0.15) is 12.3 Å². The second-order valence-corrected chi connectivity index (χ2v) is 7.29. The van der Waals surface area contributed by atoms with Crippen LogP contribution in [0.15, 0.2) is 26.2 Å². The Morgan fingerprint density at radius 2 is 2.00 bits per heavy atom. The number of rotatable bonds is 6. The lowest BCUT2D eigenvalue weighted by atomic mass is 9.94. The van der Waals surface area contributed by atoms with Crippen molar-refractivity contribution >= 4 is 29.9 Å². The summed E-state index contributed by atoms with van der Waals surface area (Å²) in [5, 5.41) is 10.5. The van der Waals surface area contributed by atoms with Crippen molar-refractivity contribution in [1.82, 2.24) is 20.8 Å². The molecule has 0 saturated carbocycles. The molecule has 2 aromatic heterocycles. The van der Waals surface area contributed by atoms with E-state index in [-0.39, 0.29) is 29.4 Å². The van der Waals surface area contributed by atoms with Crippen LogP contribution in [0.25, 0.3) is 0 Å². The Bertz CT molecular complexity index is 701. The van der Waals surface area contributed by atoms with Crippen LogP contribution in [0.4, 0.5) is 0 Å². The summed E-state index contributed by atoms with van der Waals surface area (Å²) in [6.45, 7) is 14.1. The first-order valence-corrected chi connectivity index (χ1v) is 8.72. The molecule has 0 unspecified atom stereocenters. The summed E-state index contributed by atoms with van der Waals surface area (Å²) >= 11 is 0. The van der Waals surface area contributed by atoms with Gasteiger partial charge in [0.05, 0.1) is 18.4 Å². The molecule has 2 N–H and O–H groups in total. The van der Waals surface area contributed by atoms with Crippen LogP contribution in [0.3, 0.4) is 0 Å². The van der Waals surface area contributed by atoms with Crippen molar-refractivity contribution in [3.05, 3.63) is 35.4 Å². The standard InChI is InChI=1S/C18H29N5O2.HI/c1-7-19-17(21-9-13-8-14(12(2)3)23-25-13)22-11-16-20-10-15(24-16)18(4,5)6;/h8,10,12H,7,9,11H2,1-6H3,(H2,19,21,22);1H. The molecule has 2 heterocycles. The molecule has 0 spiro atoms. The van der Waals surface area contributed by atoms with Crippen LogP contribution in [-0.4, -0.2) is 22.6 Å². The maximum atomic E-state index is 5.78. The van der Waals surface area contributed by atoms with Crippen LogP contribution in [0.5, 0.6) is 0 Å². The fourth-order valence-electron chi connectivity index (χ4n) is 2.07. The van der Waals surface area contributed by atoms with Gasteiger partial charge >= 0.3 is 0 Å². The molecule has 0 saturated heterocycles. The summed E-state index contributed by atoms with van der Waals surface area (Å²) in [6, 6.07) is 1.95. The van der Waals surface area contributed by atoms with Crippen molar-refractivity contribution in [3.63, 3.8) is 0 Å². The highest BCUT2D eigenvalue weighted by Gasteiger charge is 2.19. The Labute approximate surface area is 172 Å². The third kappa shape index (κ3) is 6.62. The summed E-state index contributed by atoms with van der Waals surface area (Å²) in [5.41, 5.74) is 0.891. The van der Waals surface area contributed by atoms with Gasteiger partial charge in [0.2, 0.25) is 5.89 Å². The third-order valence-corrected chi connectivity index (χ3v) is 3.61. The van der Waals surface area contributed by atoms with Gasteiger partial charge in [-0.1, -0.05) is 39.8 Å². The highest BCUT2D eigenvalue weighted by atomic mass is 127. The number of halogens is 1. The molecule has 2 aromatic rings. The molecule has 0 radical (unpaired) electrons. The predicted octanol–water partition coefficient (Wildman–Crippen LogP) is 3.96. The molecular weight excluding hydrogens is 445 g/mol. The van der Waals surface area contributed by atoms with E-state index in [1.807, 2.05) is 13.0 Å². The van der Waals surface area contributed by atoms with E-state index in [1.54, 1.807) is 6.20 Å². The lowest BCUT2D eigenvalue weighted by Gasteiger charge is -2.13. The van der Waals surface area contributed by atoms with Gasteiger partial charge in [-0.15, -0.1) is 24.0 Å². The van der Waals surface area contributed by atoms with Crippen molar-refractivity contribution in [2.24, 2.45) is 4.99 Å². The van der Waals surface area contributed by atoms with Gasteiger partial charge in [0.15, 0.2) is 11.7 Å². The lowest BCUT2D eigenvalue weighted by Crippen LogP contribution is -2.36. The van der Waals surface area contributed by atoms with Gasteiger partial charge in [0, 0.05) is 18.0 Å². The van der Waals surface area contributed by atoms with Crippen molar-refractivity contribution in [3.8, 4) is 0 Å². The van der Waals surface area contributed by atoms with Crippen LogP contribution in [0.2, 0.25) is 0 Å². The number of guanidine groups is 1. The first-order valence-electron chi connectivity index (χ1n) is 8.72. The summed E-state index contributed by atoms with van der Waals surface area (Å²) in [4.78, 5) is 8.83. The SMILES string of the molecule is CCNC(=NCc1cc(C(C)C)no1)NCc1ncc(C(C)(C)C)o1.I. The molecule has 0 aromatic carbocycles. The highest BCUT2D eigenvalue weighted by molar-refractivity contribution is 14.0. The van der Waals surface area contributed by atoms with Crippen LogP contribution >= 0.6 is 24.0 Å². The van der Waals surface area contributed by atoms with Crippen LogP contribution < -0.4 is 10.6 Å². The molecule has 2 rings (SSSR count). The number of oxazole rings is 1. The van der Waals surface area contributed by atoms with E-state index in [2.05, 4.69) is 60.4 Å². The Balaban J connectivity index is 0.00000338. The van der Waals surface area contributed by atoms with E-state index in [0.29, 0.717) is 30.9 Å². The zero-order valence-corrected chi connectivity index (χ0v) is 18.8. The van der Waals surface area contributed by atoms with Gasteiger partial charge in [-0.2, -0.15) is 0 Å². The first kappa shape index (κ1) is 22.5.